The summed E-state index contributed by atoms with van der Waals surface area (Å²) in [6.45, 7) is 6.56. The van der Waals surface area contributed by atoms with Gasteiger partial charge < -0.3 is 14.2 Å². The third-order valence-electron chi connectivity index (χ3n) is 15.1. The summed E-state index contributed by atoms with van der Waals surface area (Å²) in [5.74, 6) is -0.878. The van der Waals surface area contributed by atoms with E-state index in [-0.39, 0.29) is 31.1 Å². The zero-order chi connectivity index (χ0) is 58.5. The Kier molecular flexibility index (Phi) is 65.7. The number of hydrogen-bond donors (Lipinski definition) is 0. The van der Waals surface area contributed by atoms with Crippen molar-refractivity contribution in [2.45, 2.75) is 348 Å². The monoisotopic (exact) mass is 1130 g/mol. The smallest absolute Gasteiger partial charge is 0.306 e. The van der Waals surface area contributed by atoms with Crippen LogP contribution in [-0.4, -0.2) is 37.2 Å². The van der Waals surface area contributed by atoms with Gasteiger partial charge in [-0.15, -0.1) is 0 Å². The number of carbonyl (C=O) groups is 3. The van der Waals surface area contributed by atoms with Crippen LogP contribution in [0.3, 0.4) is 0 Å². The molecule has 1 unspecified atom stereocenters. The lowest BCUT2D eigenvalue weighted by Crippen LogP contribution is -2.30. The SMILES string of the molecule is CC/C=C\C/C=C\C/C=C\C/C=C\C/C=C\C/C=C\C/C=C\CCCCCCCCCC(=O)OCC(COC(=O)CCCCCCCCCCCCCCCCCC)OC(=O)CCCCCCCCC/C=C\CCCCCCCCC. The summed E-state index contributed by atoms with van der Waals surface area (Å²) < 4.78 is 17.0. The molecule has 0 N–H and O–H groups in total. The second-order valence-corrected chi connectivity index (χ2v) is 23.1. The van der Waals surface area contributed by atoms with Crippen molar-refractivity contribution in [2.75, 3.05) is 13.2 Å². The van der Waals surface area contributed by atoms with Crippen molar-refractivity contribution in [3.8, 4) is 0 Å². The van der Waals surface area contributed by atoms with Crippen LogP contribution in [0.5, 0.6) is 0 Å². The summed E-state index contributed by atoms with van der Waals surface area (Å²) in [6.07, 6.45) is 92.7. The maximum Gasteiger partial charge on any atom is 0.306 e. The molecule has 0 fully saturated rings. The largest absolute Gasteiger partial charge is 0.462 e. The number of unbranched alkanes of at least 4 members (excludes halogenated alkanes) is 36. The molecule has 0 amide bonds. The number of esters is 3. The molecule has 0 radical (unpaired) electrons. The van der Waals surface area contributed by atoms with Gasteiger partial charge in [-0.2, -0.15) is 0 Å². The molecular formula is C75H130O6. The first-order chi connectivity index (χ1) is 40.0. The third kappa shape index (κ3) is 67.0. The molecule has 0 saturated heterocycles. The van der Waals surface area contributed by atoms with Gasteiger partial charge in [-0.25, -0.2) is 0 Å². The van der Waals surface area contributed by atoms with E-state index in [4.69, 9.17) is 14.2 Å². The molecule has 466 valence electrons. The van der Waals surface area contributed by atoms with Crippen molar-refractivity contribution in [1.29, 1.82) is 0 Å². The van der Waals surface area contributed by atoms with Crippen molar-refractivity contribution in [3.05, 3.63) is 97.2 Å². The molecule has 0 aliphatic heterocycles. The Morgan fingerprint density at radius 1 is 0.259 bits per heavy atom. The van der Waals surface area contributed by atoms with Gasteiger partial charge in [0.1, 0.15) is 13.2 Å². The maximum absolute atomic E-state index is 12.9. The highest BCUT2D eigenvalue weighted by atomic mass is 16.6. The fraction of sp³-hybridized carbons (Fsp3) is 0.747. The van der Waals surface area contributed by atoms with Gasteiger partial charge in [0.05, 0.1) is 0 Å². The molecule has 0 saturated carbocycles. The average molecular weight is 1130 g/mol. The highest BCUT2D eigenvalue weighted by Crippen LogP contribution is 2.17. The number of carbonyl (C=O) groups excluding carboxylic acids is 3. The fourth-order valence-electron chi connectivity index (χ4n) is 9.89. The lowest BCUT2D eigenvalue weighted by Gasteiger charge is -2.18. The molecule has 0 spiro atoms. The standard InChI is InChI=1S/C75H130O6/c1-4-7-10-13-16-19-22-25-28-31-33-34-35-36-37-38-39-40-41-42-43-45-47-50-53-56-59-62-65-68-74(77)80-71-72(70-79-73(76)67-64-61-58-55-52-49-46-30-27-24-21-18-15-12-9-6-3)81-75(78)69-66-63-60-57-54-51-48-44-32-29-26-23-20-17-14-11-8-5-2/h7,10,16,19,25,28-29,32-34,36-37,39-40,42-43,72H,4-6,8-9,11-15,17-18,20-24,26-27,30-31,35,38,41,44-71H2,1-3H3/b10-7-,19-16-,28-25-,32-29-,34-33-,37-36-,40-39-,43-42-. The van der Waals surface area contributed by atoms with Crippen LogP contribution in [0.1, 0.15) is 342 Å². The summed E-state index contributed by atoms with van der Waals surface area (Å²) in [6, 6.07) is 0. The molecule has 0 aliphatic rings. The van der Waals surface area contributed by atoms with Crippen molar-refractivity contribution in [1.82, 2.24) is 0 Å². The number of ether oxygens (including phenoxy) is 3. The molecule has 0 rings (SSSR count). The van der Waals surface area contributed by atoms with Crippen molar-refractivity contribution >= 4 is 17.9 Å². The molecule has 0 aromatic rings. The Hall–Kier alpha value is -3.67. The van der Waals surface area contributed by atoms with Crippen LogP contribution in [0.25, 0.3) is 0 Å². The molecule has 6 heteroatoms. The Balaban J connectivity index is 4.35. The third-order valence-corrected chi connectivity index (χ3v) is 15.1. The lowest BCUT2D eigenvalue weighted by molar-refractivity contribution is -0.167. The van der Waals surface area contributed by atoms with Crippen LogP contribution in [0.2, 0.25) is 0 Å². The molecule has 6 nitrogen and oxygen atoms in total. The van der Waals surface area contributed by atoms with Crippen LogP contribution in [0.15, 0.2) is 97.2 Å². The molecule has 0 heterocycles. The van der Waals surface area contributed by atoms with E-state index >= 15 is 0 Å². The van der Waals surface area contributed by atoms with E-state index in [0.717, 1.165) is 109 Å². The summed E-state index contributed by atoms with van der Waals surface area (Å²) in [5, 5.41) is 0. The zero-order valence-electron chi connectivity index (χ0n) is 53.5. The second kappa shape index (κ2) is 68.8. The predicted octanol–water partition coefficient (Wildman–Crippen LogP) is 24.0. The van der Waals surface area contributed by atoms with Gasteiger partial charge in [-0.1, -0.05) is 317 Å². The molecular weight excluding hydrogens is 997 g/mol. The first-order valence-corrected chi connectivity index (χ1v) is 34.7. The van der Waals surface area contributed by atoms with Crippen LogP contribution < -0.4 is 0 Å². The minimum absolute atomic E-state index is 0.0791. The summed E-state index contributed by atoms with van der Waals surface area (Å²) in [4.78, 5) is 38.4. The normalized spacial score (nSPS) is 12.7. The van der Waals surface area contributed by atoms with Crippen molar-refractivity contribution in [3.63, 3.8) is 0 Å². The average Bonchev–Trinajstić information content (AvgIpc) is 3.47. The van der Waals surface area contributed by atoms with Crippen LogP contribution in [-0.2, 0) is 28.6 Å². The minimum Gasteiger partial charge on any atom is -0.462 e. The van der Waals surface area contributed by atoms with E-state index in [1.807, 2.05) is 0 Å². The fourth-order valence-corrected chi connectivity index (χ4v) is 9.89. The van der Waals surface area contributed by atoms with Crippen LogP contribution in [0, 0.1) is 0 Å². The van der Waals surface area contributed by atoms with Gasteiger partial charge in [-0.3, -0.25) is 14.4 Å². The number of allylic oxidation sites excluding steroid dienone is 16. The number of hydrogen-bond acceptors (Lipinski definition) is 6. The molecule has 81 heavy (non-hydrogen) atoms. The van der Waals surface area contributed by atoms with E-state index < -0.39 is 6.10 Å². The molecule has 0 bridgehead atoms. The van der Waals surface area contributed by atoms with E-state index in [2.05, 4.69) is 118 Å². The first-order valence-electron chi connectivity index (χ1n) is 34.7. The summed E-state index contributed by atoms with van der Waals surface area (Å²) >= 11 is 0. The molecule has 1 atom stereocenters. The predicted molar refractivity (Wildman–Crippen MR) is 353 cm³/mol. The van der Waals surface area contributed by atoms with Crippen LogP contribution >= 0.6 is 0 Å². The summed E-state index contributed by atoms with van der Waals surface area (Å²) in [7, 11) is 0. The minimum atomic E-state index is -0.785. The van der Waals surface area contributed by atoms with Gasteiger partial charge >= 0.3 is 17.9 Å². The van der Waals surface area contributed by atoms with Gasteiger partial charge in [0, 0.05) is 19.3 Å². The van der Waals surface area contributed by atoms with E-state index in [1.54, 1.807) is 0 Å². The maximum atomic E-state index is 12.9. The van der Waals surface area contributed by atoms with Gasteiger partial charge in [0.15, 0.2) is 6.10 Å². The van der Waals surface area contributed by atoms with Gasteiger partial charge in [0.25, 0.3) is 0 Å². The van der Waals surface area contributed by atoms with Crippen LogP contribution in [0.4, 0.5) is 0 Å². The Morgan fingerprint density at radius 3 is 0.765 bits per heavy atom. The van der Waals surface area contributed by atoms with Gasteiger partial charge in [-0.05, 0) is 103 Å². The quantitative estimate of drug-likeness (QED) is 0.0261. The topological polar surface area (TPSA) is 78.9 Å². The van der Waals surface area contributed by atoms with E-state index in [0.29, 0.717) is 19.3 Å². The first kappa shape index (κ1) is 77.3. The van der Waals surface area contributed by atoms with Gasteiger partial charge in [0.2, 0.25) is 0 Å². The Bertz CT molecular complexity index is 1580. The van der Waals surface area contributed by atoms with Crippen molar-refractivity contribution < 1.29 is 28.6 Å². The highest BCUT2D eigenvalue weighted by Gasteiger charge is 2.19. The Morgan fingerprint density at radius 2 is 0.481 bits per heavy atom. The van der Waals surface area contributed by atoms with E-state index in [9.17, 15) is 14.4 Å². The molecule has 0 aliphatic carbocycles. The lowest BCUT2D eigenvalue weighted by atomic mass is 10.0. The Labute approximate surface area is 502 Å². The second-order valence-electron chi connectivity index (χ2n) is 23.1. The molecule has 0 aromatic heterocycles. The highest BCUT2D eigenvalue weighted by molar-refractivity contribution is 5.71. The zero-order valence-corrected chi connectivity index (χ0v) is 53.5. The summed E-state index contributed by atoms with van der Waals surface area (Å²) in [5.41, 5.74) is 0. The molecule has 0 aromatic carbocycles. The van der Waals surface area contributed by atoms with Crippen molar-refractivity contribution in [2.24, 2.45) is 0 Å². The number of rotatable bonds is 63. The van der Waals surface area contributed by atoms with E-state index in [1.165, 1.54) is 193 Å².